The first-order valence-corrected chi connectivity index (χ1v) is 29.8. The summed E-state index contributed by atoms with van der Waals surface area (Å²) in [6, 6.07) is 30.4. The number of aliphatic hydroxyl groups is 2. The number of hydrogen-bond donors (Lipinski definition) is 7. The van der Waals surface area contributed by atoms with E-state index in [0.717, 1.165) is 86.5 Å². The van der Waals surface area contributed by atoms with Crippen LogP contribution in [0.2, 0.25) is 0 Å². The molecule has 4 aromatic carbocycles. The number of aliphatic hydroxyl groups excluding tert-OH is 2. The fourth-order valence-electron chi connectivity index (χ4n) is 12.3. The number of nitrogens with two attached hydrogens (primary N) is 1. The van der Waals surface area contributed by atoms with Gasteiger partial charge in [0.1, 0.15) is 6.04 Å². The Morgan fingerprint density at radius 2 is 0.988 bits per heavy atom. The topological polar surface area (TPSA) is 247 Å². The number of nitrogens with zero attached hydrogens (tertiary/aromatic N) is 4. The number of likely N-dealkylation sites (N-methyl/N-ethyl adjacent to an activating group) is 1. The van der Waals surface area contributed by atoms with E-state index in [1.165, 1.54) is 0 Å². The van der Waals surface area contributed by atoms with Gasteiger partial charge in [-0.3, -0.25) is 33.6 Å². The highest BCUT2D eigenvalue weighted by molar-refractivity contribution is 5.98. The summed E-state index contributed by atoms with van der Waals surface area (Å²) in [6.45, 7) is 2.41. The van der Waals surface area contributed by atoms with Gasteiger partial charge < -0.3 is 56.8 Å². The number of carbonyl (C=O) groups excluding carboxylic acids is 7. The van der Waals surface area contributed by atoms with Gasteiger partial charge in [-0.2, -0.15) is 0 Å². The number of carbonyl (C=O) groups is 7. The van der Waals surface area contributed by atoms with E-state index in [0.29, 0.717) is 43.5 Å². The normalized spacial score (nSPS) is 20.5. The molecule has 440 valence electrons. The third-order valence-electron chi connectivity index (χ3n) is 17.3. The van der Waals surface area contributed by atoms with E-state index in [9.17, 15) is 43.8 Å². The smallest absolute Gasteiger partial charge is 0.251 e. The molecule has 82 heavy (non-hydrogen) atoms. The molecule has 0 bridgehead atoms. The van der Waals surface area contributed by atoms with Crippen LogP contribution < -0.4 is 27.0 Å². The first-order valence-electron chi connectivity index (χ1n) is 29.8. The van der Waals surface area contributed by atoms with Gasteiger partial charge in [0.05, 0.1) is 49.5 Å². The largest absolute Gasteiger partial charge is 0.391 e. The lowest BCUT2D eigenvalue weighted by Crippen LogP contribution is -2.58. The van der Waals surface area contributed by atoms with Crippen LogP contribution in [-0.4, -0.2) is 173 Å². The van der Waals surface area contributed by atoms with Gasteiger partial charge in [0.25, 0.3) is 11.8 Å². The number of hydrogen-bond acceptors (Lipinski definition) is 11. The van der Waals surface area contributed by atoms with Crippen LogP contribution in [0.3, 0.4) is 0 Å². The third-order valence-corrected chi connectivity index (χ3v) is 17.3. The third kappa shape index (κ3) is 16.6. The van der Waals surface area contributed by atoms with Gasteiger partial charge in [-0.25, -0.2) is 0 Å². The minimum atomic E-state index is -0.803. The Balaban J connectivity index is 0.864. The Morgan fingerprint density at radius 3 is 1.41 bits per heavy atom. The van der Waals surface area contributed by atoms with E-state index in [1.54, 1.807) is 82.1 Å². The van der Waals surface area contributed by atoms with Crippen molar-refractivity contribution in [3.63, 3.8) is 0 Å². The molecule has 2 heterocycles. The first kappa shape index (κ1) is 61.1. The molecule has 18 heteroatoms. The second kappa shape index (κ2) is 29.8. The highest BCUT2D eigenvalue weighted by atomic mass is 16.3. The zero-order valence-electron chi connectivity index (χ0n) is 47.8. The predicted molar refractivity (Wildman–Crippen MR) is 314 cm³/mol. The summed E-state index contributed by atoms with van der Waals surface area (Å²) in [6.07, 6.45) is 9.81. The van der Waals surface area contributed by atoms with Crippen LogP contribution in [-0.2, 0) is 36.8 Å². The molecular formula is C64H85N9O9. The Morgan fingerprint density at radius 1 is 0.573 bits per heavy atom. The predicted octanol–water partition coefficient (Wildman–Crippen LogP) is 4.46. The number of rotatable bonds is 24. The lowest BCUT2D eigenvalue weighted by Gasteiger charge is -2.36. The van der Waals surface area contributed by atoms with Crippen molar-refractivity contribution in [2.45, 2.75) is 139 Å². The molecule has 18 nitrogen and oxygen atoms in total. The van der Waals surface area contributed by atoms with E-state index in [2.05, 4.69) is 21.3 Å². The summed E-state index contributed by atoms with van der Waals surface area (Å²) in [4.78, 5) is 103. The highest BCUT2D eigenvalue weighted by Crippen LogP contribution is 2.31. The van der Waals surface area contributed by atoms with Gasteiger partial charge in [-0.15, -0.1) is 0 Å². The molecule has 2 saturated heterocycles. The molecule has 7 atom stereocenters. The van der Waals surface area contributed by atoms with Crippen molar-refractivity contribution in [2.75, 3.05) is 59.4 Å². The minimum absolute atomic E-state index is 0.0408. The van der Waals surface area contributed by atoms with Crippen molar-refractivity contribution < 1.29 is 43.8 Å². The van der Waals surface area contributed by atoms with E-state index in [1.807, 2.05) is 60.7 Å². The first-order chi connectivity index (χ1) is 39.6. The maximum absolute atomic E-state index is 14.5. The standard InChI is InChI=1S/C64H85N9O9/c1-43(66-2)60(78)69-59(49-21-13-6-14-22-49)64(82)73-42-55(75)36-53(73)40-71(34-32-45-17-9-4-10-18-45)57(77)38-68-62(80)51-29-25-47(26-30-51)46-23-27-50(28-24-46)61(79)67-37-56(76)70(33-31-44-15-7-3-8-16-44)39-52-35-54(74)41-72(52)63(81)58(65)48-19-11-5-12-20-48/h3-4,7-10,15-18,23-30,43,48-49,52-55,58-59,66,74-75H,5-6,11-14,19-22,31-42,65H2,1-2H3,(H,67,79)(H,68,80)(H,69,78)/t43-,52-,53?,54-,55-,58-,59-/m0/s1. The molecule has 8 rings (SSSR count). The SMILES string of the molecule is CN[C@@H](C)C(=O)N[C@H](C(=O)N1C[C@@H](O)CC1CN(CCc1ccccc1)C(=O)CNC(=O)c1ccc(-c2ccc(C(=O)NCC(=O)N(CCc3ccccc3)C[C@@H]3C[C@H](O)CN3C(=O)[C@@H](N)C3CCCCC3)cc2)cc1)C1CCCCC1. The van der Waals surface area contributed by atoms with Crippen LogP contribution in [0.25, 0.3) is 11.1 Å². The van der Waals surface area contributed by atoms with Crippen LogP contribution in [0.4, 0.5) is 0 Å². The van der Waals surface area contributed by atoms with E-state index >= 15 is 0 Å². The highest BCUT2D eigenvalue weighted by Gasteiger charge is 2.43. The molecule has 8 N–H and O–H groups in total. The van der Waals surface area contributed by atoms with Crippen molar-refractivity contribution in [1.82, 2.24) is 40.9 Å². The Bertz CT molecular complexity index is 2760. The number of nitrogens with one attached hydrogen (secondary N) is 4. The van der Waals surface area contributed by atoms with Crippen LogP contribution >= 0.6 is 0 Å². The number of β-amino-alcohol motifs (C(OH)–C–C–N with tert-alkyl or cyclic N) is 2. The summed E-state index contributed by atoms with van der Waals surface area (Å²) in [5.74, 6) is -2.20. The van der Waals surface area contributed by atoms with Crippen molar-refractivity contribution >= 4 is 41.4 Å². The van der Waals surface area contributed by atoms with Crippen LogP contribution in [0.5, 0.6) is 0 Å². The zero-order chi connectivity index (χ0) is 58.1. The molecule has 4 aromatic rings. The fourth-order valence-corrected chi connectivity index (χ4v) is 12.3. The second-order valence-electron chi connectivity index (χ2n) is 23.1. The van der Waals surface area contributed by atoms with Gasteiger partial charge in [-0.05, 0) is 124 Å². The molecule has 0 radical (unpaired) electrons. The minimum Gasteiger partial charge on any atom is -0.391 e. The van der Waals surface area contributed by atoms with Gasteiger partial charge >= 0.3 is 0 Å². The molecular weight excluding hydrogens is 1040 g/mol. The average Bonchev–Trinajstić information content (AvgIpc) is 4.11. The maximum Gasteiger partial charge on any atom is 0.251 e. The summed E-state index contributed by atoms with van der Waals surface area (Å²) < 4.78 is 0. The molecule has 7 amide bonds. The summed E-state index contributed by atoms with van der Waals surface area (Å²) >= 11 is 0. The molecule has 0 aromatic heterocycles. The van der Waals surface area contributed by atoms with Crippen molar-refractivity contribution in [2.24, 2.45) is 17.6 Å². The van der Waals surface area contributed by atoms with E-state index < -0.39 is 54.2 Å². The summed E-state index contributed by atoms with van der Waals surface area (Å²) in [5.41, 5.74) is 10.8. The number of benzene rings is 4. The van der Waals surface area contributed by atoms with Gasteiger partial charge in [-0.1, -0.05) is 123 Å². The Hall–Kier alpha value is -6.99. The van der Waals surface area contributed by atoms with E-state index in [-0.39, 0.29) is 87.1 Å². The monoisotopic (exact) mass is 1120 g/mol. The van der Waals surface area contributed by atoms with Gasteiger partial charge in [0, 0.05) is 50.4 Å². The van der Waals surface area contributed by atoms with E-state index in [4.69, 9.17) is 5.73 Å². The molecule has 2 saturated carbocycles. The lowest BCUT2D eigenvalue weighted by molar-refractivity contribution is -0.141. The molecule has 4 aliphatic rings. The van der Waals surface area contributed by atoms with Crippen molar-refractivity contribution in [3.8, 4) is 11.1 Å². The molecule has 4 fully saturated rings. The zero-order valence-corrected chi connectivity index (χ0v) is 47.8. The summed E-state index contributed by atoms with van der Waals surface area (Å²) in [5, 5.41) is 33.3. The Kier molecular flexibility index (Phi) is 22.2. The Labute approximate surface area is 482 Å². The second-order valence-corrected chi connectivity index (χ2v) is 23.1. The van der Waals surface area contributed by atoms with Gasteiger partial charge in [0.2, 0.25) is 29.5 Å². The number of likely N-dealkylation sites (tertiary alicyclic amines) is 2. The van der Waals surface area contributed by atoms with Crippen molar-refractivity contribution in [3.05, 3.63) is 131 Å². The van der Waals surface area contributed by atoms with Crippen LogP contribution in [0.1, 0.15) is 116 Å². The fraction of sp³-hybridized carbons (Fsp3) is 0.516. The molecule has 0 spiro atoms. The van der Waals surface area contributed by atoms with Crippen LogP contribution in [0.15, 0.2) is 109 Å². The maximum atomic E-state index is 14.5. The lowest BCUT2D eigenvalue weighted by atomic mass is 9.83. The summed E-state index contributed by atoms with van der Waals surface area (Å²) in [7, 11) is 1.69. The van der Waals surface area contributed by atoms with Gasteiger partial charge in [0.15, 0.2) is 0 Å². The average molecular weight is 1120 g/mol. The molecule has 1 unspecified atom stereocenters. The quantitative estimate of drug-likeness (QED) is 0.0517. The molecule has 2 aliphatic heterocycles. The van der Waals surface area contributed by atoms with Crippen LogP contribution in [0, 0.1) is 11.8 Å². The number of amides is 7. The van der Waals surface area contributed by atoms with Crippen molar-refractivity contribution in [1.29, 1.82) is 0 Å². The molecule has 2 aliphatic carbocycles.